The average Bonchev–Trinajstić information content (AvgIpc) is 2.67. The van der Waals surface area contributed by atoms with E-state index in [0.29, 0.717) is 12.3 Å². The lowest BCUT2D eigenvalue weighted by molar-refractivity contribution is 0.0596. The minimum atomic E-state index is -0.475. The molecule has 2 rings (SSSR count). The molecule has 1 heterocycles. The molecule has 0 bridgehead atoms. The molecule has 0 atom stereocenters. The standard InChI is InChI=1S/C12H14N2O3/c1-3-17-7-4-5-9-8(6-7)10(13)11(14-9)12(15)16-2/h4-6,14H,3,13H2,1-2H3. The molecular weight excluding hydrogens is 220 g/mol. The minimum Gasteiger partial charge on any atom is -0.494 e. The summed E-state index contributed by atoms with van der Waals surface area (Å²) in [7, 11) is 1.32. The number of rotatable bonds is 3. The van der Waals surface area contributed by atoms with Crippen molar-refractivity contribution in [2.45, 2.75) is 6.92 Å². The van der Waals surface area contributed by atoms with E-state index in [9.17, 15) is 4.79 Å². The zero-order valence-corrected chi connectivity index (χ0v) is 9.74. The number of esters is 1. The number of aromatic amines is 1. The smallest absolute Gasteiger partial charge is 0.356 e. The van der Waals surface area contributed by atoms with Gasteiger partial charge < -0.3 is 20.2 Å². The fourth-order valence-corrected chi connectivity index (χ4v) is 1.71. The number of carbonyl (C=O) groups excluding carboxylic acids is 1. The highest BCUT2D eigenvalue weighted by molar-refractivity contribution is 6.05. The maximum atomic E-state index is 11.4. The first kappa shape index (κ1) is 11.3. The lowest BCUT2D eigenvalue weighted by Crippen LogP contribution is -2.04. The largest absolute Gasteiger partial charge is 0.494 e. The second-order valence-corrected chi connectivity index (χ2v) is 3.55. The molecule has 3 N–H and O–H groups in total. The molecule has 0 aliphatic heterocycles. The third-order valence-electron chi connectivity index (χ3n) is 2.51. The van der Waals surface area contributed by atoms with Gasteiger partial charge in [-0.2, -0.15) is 0 Å². The predicted molar refractivity (Wildman–Crippen MR) is 65.2 cm³/mol. The molecule has 5 heteroatoms. The van der Waals surface area contributed by atoms with Gasteiger partial charge in [-0.1, -0.05) is 0 Å². The molecule has 0 saturated heterocycles. The van der Waals surface area contributed by atoms with Gasteiger partial charge in [0.05, 0.1) is 19.4 Å². The Kier molecular flexibility index (Phi) is 2.91. The number of methoxy groups -OCH3 is 1. The molecule has 0 saturated carbocycles. The summed E-state index contributed by atoms with van der Waals surface area (Å²) >= 11 is 0. The Bertz CT molecular complexity index is 560. The molecule has 0 unspecified atom stereocenters. The van der Waals surface area contributed by atoms with Crippen LogP contribution >= 0.6 is 0 Å². The highest BCUT2D eigenvalue weighted by Gasteiger charge is 2.16. The van der Waals surface area contributed by atoms with Gasteiger partial charge in [0.2, 0.25) is 0 Å². The maximum Gasteiger partial charge on any atom is 0.356 e. The summed E-state index contributed by atoms with van der Waals surface area (Å²) in [5, 5.41) is 0.761. The SMILES string of the molecule is CCOc1ccc2[nH]c(C(=O)OC)c(N)c2c1. The molecule has 1 aromatic heterocycles. The first-order valence-corrected chi connectivity index (χ1v) is 5.29. The summed E-state index contributed by atoms with van der Waals surface area (Å²) < 4.78 is 10.0. The third-order valence-corrected chi connectivity index (χ3v) is 2.51. The molecule has 0 spiro atoms. The Hall–Kier alpha value is -2.17. The fourth-order valence-electron chi connectivity index (χ4n) is 1.71. The van der Waals surface area contributed by atoms with E-state index in [1.807, 2.05) is 19.1 Å². The number of anilines is 1. The van der Waals surface area contributed by atoms with Crippen LogP contribution in [-0.2, 0) is 4.74 Å². The number of nitrogens with two attached hydrogens (primary N) is 1. The summed E-state index contributed by atoms with van der Waals surface area (Å²) in [5.74, 6) is 0.249. The van der Waals surface area contributed by atoms with Crippen LogP contribution in [-0.4, -0.2) is 24.7 Å². The zero-order valence-electron chi connectivity index (χ0n) is 9.74. The van der Waals surface area contributed by atoms with Crippen LogP contribution < -0.4 is 10.5 Å². The molecule has 2 aromatic rings. The molecule has 5 nitrogen and oxygen atoms in total. The van der Waals surface area contributed by atoms with E-state index in [1.54, 1.807) is 6.07 Å². The number of benzene rings is 1. The second-order valence-electron chi connectivity index (χ2n) is 3.55. The number of fused-ring (bicyclic) bond motifs is 1. The van der Waals surface area contributed by atoms with Gasteiger partial charge in [0.1, 0.15) is 11.4 Å². The number of carbonyl (C=O) groups is 1. The van der Waals surface area contributed by atoms with Gasteiger partial charge in [-0.05, 0) is 25.1 Å². The predicted octanol–water partition coefficient (Wildman–Crippen LogP) is 1.94. The monoisotopic (exact) mass is 234 g/mol. The molecule has 90 valence electrons. The first-order valence-electron chi connectivity index (χ1n) is 5.29. The Morgan fingerprint density at radius 3 is 2.88 bits per heavy atom. The lowest BCUT2D eigenvalue weighted by Gasteiger charge is -2.02. The van der Waals surface area contributed by atoms with Crippen molar-refractivity contribution in [3.05, 3.63) is 23.9 Å². The number of nitrogen functional groups attached to an aromatic ring is 1. The number of hydrogen-bond donors (Lipinski definition) is 2. The quantitative estimate of drug-likeness (QED) is 0.795. The van der Waals surface area contributed by atoms with Crippen LogP contribution in [0.4, 0.5) is 5.69 Å². The van der Waals surface area contributed by atoms with Gasteiger partial charge in [0, 0.05) is 10.9 Å². The van der Waals surface area contributed by atoms with E-state index in [-0.39, 0.29) is 5.69 Å². The number of hydrogen-bond acceptors (Lipinski definition) is 4. The zero-order chi connectivity index (χ0) is 12.4. The van der Waals surface area contributed by atoms with Crippen LogP contribution in [0.1, 0.15) is 17.4 Å². The van der Waals surface area contributed by atoms with Crippen molar-refractivity contribution in [3.63, 3.8) is 0 Å². The summed E-state index contributed by atoms with van der Waals surface area (Å²) in [6, 6.07) is 5.45. The average molecular weight is 234 g/mol. The van der Waals surface area contributed by atoms with Crippen LogP contribution in [0.15, 0.2) is 18.2 Å². The van der Waals surface area contributed by atoms with Crippen molar-refractivity contribution in [2.24, 2.45) is 0 Å². The molecule has 0 aliphatic carbocycles. The molecule has 0 amide bonds. The fraction of sp³-hybridized carbons (Fsp3) is 0.250. The summed E-state index contributed by atoms with van der Waals surface area (Å²) in [6.45, 7) is 2.49. The third kappa shape index (κ3) is 1.91. The van der Waals surface area contributed by atoms with Crippen molar-refractivity contribution in [2.75, 3.05) is 19.5 Å². The maximum absolute atomic E-state index is 11.4. The van der Waals surface area contributed by atoms with Crippen molar-refractivity contribution in [3.8, 4) is 5.75 Å². The molecule has 0 radical (unpaired) electrons. The van der Waals surface area contributed by atoms with Gasteiger partial charge >= 0.3 is 5.97 Å². The number of H-pyrrole nitrogens is 1. The molecule has 0 aliphatic rings. The Morgan fingerprint density at radius 1 is 1.47 bits per heavy atom. The Morgan fingerprint density at radius 2 is 2.24 bits per heavy atom. The Balaban J connectivity index is 2.54. The first-order chi connectivity index (χ1) is 8.17. The number of ether oxygens (including phenoxy) is 2. The molecule has 17 heavy (non-hydrogen) atoms. The lowest BCUT2D eigenvalue weighted by atomic mass is 10.2. The van der Waals surface area contributed by atoms with Crippen LogP contribution in [0.25, 0.3) is 10.9 Å². The van der Waals surface area contributed by atoms with Crippen molar-refractivity contribution >= 4 is 22.6 Å². The van der Waals surface area contributed by atoms with E-state index in [0.717, 1.165) is 16.7 Å². The van der Waals surface area contributed by atoms with E-state index in [4.69, 9.17) is 10.5 Å². The van der Waals surface area contributed by atoms with Crippen molar-refractivity contribution in [1.29, 1.82) is 0 Å². The molecular formula is C12H14N2O3. The molecule has 1 aromatic carbocycles. The van der Waals surface area contributed by atoms with E-state index in [1.165, 1.54) is 7.11 Å². The van der Waals surface area contributed by atoms with E-state index < -0.39 is 5.97 Å². The summed E-state index contributed by atoms with van der Waals surface area (Å²) in [5.41, 5.74) is 7.33. The van der Waals surface area contributed by atoms with Crippen LogP contribution in [0.5, 0.6) is 5.75 Å². The highest BCUT2D eigenvalue weighted by Crippen LogP contribution is 2.28. The van der Waals surface area contributed by atoms with Crippen LogP contribution in [0, 0.1) is 0 Å². The van der Waals surface area contributed by atoms with Crippen LogP contribution in [0.3, 0.4) is 0 Å². The normalized spacial score (nSPS) is 10.5. The minimum absolute atomic E-state index is 0.274. The van der Waals surface area contributed by atoms with Gasteiger partial charge in [0.15, 0.2) is 0 Å². The topological polar surface area (TPSA) is 77.3 Å². The Labute approximate surface area is 98.5 Å². The molecule has 0 fully saturated rings. The summed E-state index contributed by atoms with van der Waals surface area (Å²) in [6.07, 6.45) is 0. The van der Waals surface area contributed by atoms with Gasteiger partial charge in [0.25, 0.3) is 0 Å². The van der Waals surface area contributed by atoms with Gasteiger partial charge in [-0.15, -0.1) is 0 Å². The van der Waals surface area contributed by atoms with Gasteiger partial charge in [-0.25, -0.2) is 4.79 Å². The highest BCUT2D eigenvalue weighted by atomic mass is 16.5. The van der Waals surface area contributed by atoms with E-state index in [2.05, 4.69) is 9.72 Å². The second kappa shape index (κ2) is 4.37. The number of nitrogens with one attached hydrogen (secondary N) is 1. The van der Waals surface area contributed by atoms with Crippen molar-refractivity contribution in [1.82, 2.24) is 4.98 Å². The summed E-state index contributed by atoms with van der Waals surface area (Å²) in [4.78, 5) is 14.4. The van der Waals surface area contributed by atoms with E-state index >= 15 is 0 Å². The van der Waals surface area contributed by atoms with Crippen LogP contribution in [0.2, 0.25) is 0 Å². The van der Waals surface area contributed by atoms with Crippen molar-refractivity contribution < 1.29 is 14.3 Å². The number of aromatic nitrogens is 1. The van der Waals surface area contributed by atoms with Gasteiger partial charge in [-0.3, -0.25) is 0 Å².